The molecule has 0 saturated heterocycles. The van der Waals surface area contributed by atoms with E-state index in [1.165, 1.54) is 23.5 Å². The molecule has 0 saturated carbocycles. The van der Waals surface area contributed by atoms with Crippen LogP contribution < -0.4 is 5.32 Å². The number of carbonyl (C=O) groups is 1. The molecule has 0 aliphatic heterocycles. The van der Waals surface area contributed by atoms with E-state index in [9.17, 15) is 9.18 Å². The number of rotatable bonds is 5. The van der Waals surface area contributed by atoms with Crippen LogP contribution in [0.25, 0.3) is 21.8 Å². The van der Waals surface area contributed by atoms with Crippen LogP contribution in [0.4, 0.5) is 10.2 Å². The molecule has 29 heavy (non-hydrogen) atoms. The van der Waals surface area contributed by atoms with Crippen molar-refractivity contribution in [1.82, 2.24) is 9.97 Å². The fourth-order valence-electron chi connectivity index (χ4n) is 2.79. The smallest absolute Gasteiger partial charge is 0.230 e. The molecule has 2 aromatic heterocycles. The van der Waals surface area contributed by atoms with Crippen LogP contribution in [0, 0.1) is 9.39 Å². The summed E-state index contributed by atoms with van der Waals surface area (Å²) in [4.78, 5) is 22.6. The highest BCUT2D eigenvalue weighted by Crippen LogP contribution is 2.31. The first kappa shape index (κ1) is 19.7. The lowest BCUT2D eigenvalue weighted by atomic mass is 10.1. The second kappa shape index (κ2) is 8.79. The van der Waals surface area contributed by atoms with Gasteiger partial charge in [-0.25, -0.2) is 14.4 Å². The first-order valence-corrected chi connectivity index (χ1v) is 10.8. The summed E-state index contributed by atoms with van der Waals surface area (Å²) in [5.74, 6) is -0.0543. The number of nitrogens with one attached hydrogen (secondary N) is 1. The zero-order chi connectivity index (χ0) is 20.2. The lowest BCUT2D eigenvalue weighted by Gasteiger charge is -2.11. The number of thiophene rings is 1. The van der Waals surface area contributed by atoms with Gasteiger partial charge < -0.3 is 5.32 Å². The lowest BCUT2D eigenvalue weighted by Crippen LogP contribution is -2.16. The first-order valence-electron chi connectivity index (χ1n) is 8.79. The van der Waals surface area contributed by atoms with E-state index in [-0.39, 0.29) is 18.1 Å². The summed E-state index contributed by atoms with van der Waals surface area (Å²) >= 11 is 3.74. The van der Waals surface area contributed by atoms with E-state index in [1.54, 1.807) is 18.3 Å². The Labute approximate surface area is 185 Å². The molecular formula is C22H15FIN3OS. The van der Waals surface area contributed by atoms with E-state index >= 15 is 0 Å². The molecule has 4 rings (SSSR count). The van der Waals surface area contributed by atoms with Crippen molar-refractivity contribution in [2.24, 2.45) is 0 Å². The average molecular weight is 515 g/mol. The molecule has 2 heterocycles. The Morgan fingerprint density at radius 1 is 1.07 bits per heavy atom. The minimum Gasteiger partial charge on any atom is -0.309 e. The van der Waals surface area contributed by atoms with Gasteiger partial charge in [-0.1, -0.05) is 18.2 Å². The van der Waals surface area contributed by atoms with Crippen molar-refractivity contribution in [3.8, 4) is 21.8 Å². The number of aromatic nitrogens is 2. The number of hydrogen-bond donors (Lipinski definition) is 1. The van der Waals surface area contributed by atoms with Crippen molar-refractivity contribution in [3.05, 3.63) is 87.2 Å². The van der Waals surface area contributed by atoms with Gasteiger partial charge in [0.05, 0.1) is 23.2 Å². The molecule has 0 fully saturated rings. The minimum absolute atomic E-state index is 0.159. The number of halogens is 2. The Hall–Kier alpha value is -2.65. The summed E-state index contributed by atoms with van der Waals surface area (Å²) in [7, 11) is 0. The van der Waals surface area contributed by atoms with E-state index in [0.717, 1.165) is 19.6 Å². The van der Waals surface area contributed by atoms with Crippen LogP contribution in [-0.2, 0) is 11.2 Å². The molecule has 4 aromatic rings. The standard InChI is InChI=1S/C22H15FIN3OS/c23-16-7-5-15(6-8-16)18-13-25-22(21(26-18)19-2-1-11-29-19)27-20(28)12-14-3-9-17(24)10-4-14/h1-11,13H,12H2,(H,25,27,28). The monoisotopic (exact) mass is 515 g/mol. The van der Waals surface area contributed by atoms with Gasteiger partial charge >= 0.3 is 0 Å². The summed E-state index contributed by atoms with van der Waals surface area (Å²) in [5.41, 5.74) is 2.90. The molecule has 0 aliphatic carbocycles. The number of anilines is 1. The Balaban J connectivity index is 1.62. The third-order valence-corrected chi connectivity index (χ3v) is 5.80. The molecule has 0 unspecified atom stereocenters. The van der Waals surface area contributed by atoms with Gasteiger partial charge in [-0.05, 0) is 76.0 Å². The Morgan fingerprint density at radius 2 is 1.83 bits per heavy atom. The van der Waals surface area contributed by atoms with Gasteiger partial charge in [-0.3, -0.25) is 4.79 Å². The van der Waals surface area contributed by atoms with Gasteiger partial charge in [0.2, 0.25) is 5.91 Å². The second-order valence-electron chi connectivity index (χ2n) is 6.29. The van der Waals surface area contributed by atoms with Crippen molar-refractivity contribution in [3.63, 3.8) is 0 Å². The van der Waals surface area contributed by atoms with Crippen molar-refractivity contribution in [2.75, 3.05) is 5.32 Å². The van der Waals surface area contributed by atoms with Crippen LogP contribution in [0.5, 0.6) is 0 Å². The summed E-state index contributed by atoms with van der Waals surface area (Å²) in [6.07, 6.45) is 1.84. The Morgan fingerprint density at radius 3 is 2.52 bits per heavy atom. The quantitative estimate of drug-likeness (QED) is 0.342. The van der Waals surface area contributed by atoms with E-state index in [1.807, 2.05) is 41.8 Å². The molecule has 2 aromatic carbocycles. The number of benzene rings is 2. The number of hydrogen-bond acceptors (Lipinski definition) is 4. The number of carbonyl (C=O) groups excluding carboxylic acids is 1. The summed E-state index contributed by atoms with van der Waals surface area (Å²) < 4.78 is 14.4. The van der Waals surface area contributed by atoms with E-state index in [4.69, 9.17) is 4.98 Å². The van der Waals surface area contributed by atoms with Gasteiger partial charge in [0.25, 0.3) is 0 Å². The van der Waals surface area contributed by atoms with Crippen LogP contribution in [0.2, 0.25) is 0 Å². The maximum absolute atomic E-state index is 13.2. The van der Waals surface area contributed by atoms with Crippen LogP contribution in [0.1, 0.15) is 5.56 Å². The molecule has 0 bridgehead atoms. The summed E-state index contributed by atoms with van der Waals surface area (Å²) in [6.45, 7) is 0. The molecule has 7 heteroatoms. The fraction of sp³-hybridized carbons (Fsp3) is 0.0455. The first-order chi connectivity index (χ1) is 14.1. The Bertz CT molecular complexity index is 1130. The van der Waals surface area contributed by atoms with Gasteiger partial charge in [0.15, 0.2) is 5.82 Å². The molecule has 1 N–H and O–H groups in total. The second-order valence-corrected chi connectivity index (χ2v) is 8.48. The summed E-state index contributed by atoms with van der Waals surface area (Å²) in [6, 6.07) is 17.8. The van der Waals surface area contributed by atoms with Crippen molar-refractivity contribution in [1.29, 1.82) is 0 Å². The van der Waals surface area contributed by atoms with Crippen molar-refractivity contribution in [2.45, 2.75) is 6.42 Å². The van der Waals surface area contributed by atoms with Gasteiger partial charge in [-0.2, -0.15) is 0 Å². The third kappa shape index (κ3) is 4.86. The predicted molar refractivity (Wildman–Crippen MR) is 122 cm³/mol. The molecule has 0 spiro atoms. The van der Waals surface area contributed by atoms with Crippen LogP contribution in [0.3, 0.4) is 0 Å². The van der Waals surface area contributed by atoms with Gasteiger partial charge in [0, 0.05) is 9.13 Å². The lowest BCUT2D eigenvalue weighted by molar-refractivity contribution is -0.115. The normalized spacial score (nSPS) is 10.7. The maximum Gasteiger partial charge on any atom is 0.230 e. The predicted octanol–water partition coefficient (Wildman–Crippen LogP) is 5.80. The molecule has 0 radical (unpaired) electrons. The van der Waals surface area contributed by atoms with Gasteiger partial charge in [-0.15, -0.1) is 11.3 Å². The highest BCUT2D eigenvalue weighted by molar-refractivity contribution is 14.1. The van der Waals surface area contributed by atoms with Crippen molar-refractivity contribution < 1.29 is 9.18 Å². The zero-order valence-electron chi connectivity index (χ0n) is 15.1. The topological polar surface area (TPSA) is 54.9 Å². The number of nitrogens with zero attached hydrogens (tertiary/aromatic N) is 2. The minimum atomic E-state index is -0.306. The van der Waals surface area contributed by atoms with E-state index in [0.29, 0.717) is 17.2 Å². The van der Waals surface area contributed by atoms with Crippen LogP contribution in [0.15, 0.2) is 72.2 Å². The summed E-state index contributed by atoms with van der Waals surface area (Å²) in [5, 5.41) is 4.83. The largest absolute Gasteiger partial charge is 0.309 e. The highest BCUT2D eigenvalue weighted by atomic mass is 127. The van der Waals surface area contributed by atoms with Crippen LogP contribution >= 0.6 is 33.9 Å². The van der Waals surface area contributed by atoms with Crippen molar-refractivity contribution >= 4 is 45.7 Å². The molecule has 0 atom stereocenters. The molecular weight excluding hydrogens is 500 g/mol. The molecule has 0 aliphatic rings. The Kier molecular flexibility index (Phi) is 5.96. The van der Waals surface area contributed by atoms with E-state index < -0.39 is 0 Å². The third-order valence-electron chi connectivity index (χ3n) is 4.20. The SMILES string of the molecule is O=C(Cc1ccc(I)cc1)Nc1ncc(-c2ccc(F)cc2)nc1-c1cccs1. The zero-order valence-corrected chi connectivity index (χ0v) is 18.1. The highest BCUT2D eigenvalue weighted by Gasteiger charge is 2.15. The van der Waals surface area contributed by atoms with E-state index in [2.05, 4.69) is 32.9 Å². The average Bonchev–Trinajstić information content (AvgIpc) is 3.25. The van der Waals surface area contributed by atoms with Gasteiger partial charge in [0.1, 0.15) is 11.5 Å². The fourth-order valence-corrected chi connectivity index (χ4v) is 3.86. The maximum atomic E-state index is 13.2. The molecule has 1 amide bonds. The number of amides is 1. The molecule has 144 valence electrons. The van der Waals surface area contributed by atoms with Crippen LogP contribution in [-0.4, -0.2) is 15.9 Å². The molecule has 4 nitrogen and oxygen atoms in total.